The maximum atomic E-state index is 11.9. The van der Waals surface area contributed by atoms with Crippen LogP contribution in [0.5, 0.6) is 5.75 Å². The molecule has 3 aromatic carbocycles. The molecule has 1 N–H and O–H groups in total. The van der Waals surface area contributed by atoms with E-state index in [-0.39, 0.29) is 12.7 Å². The second kappa shape index (κ2) is 11.8. The third kappa shape index (κ3) is 6.11. The largest absolute Gasteiger partial charge is 0.484 e. The van der Waals surface area contributed by atoms with Crippen LogP contribution in [0.3, 0.4) is 0 Å². The zero-order chi connectivity index (χ0) is 27.1. The average Bonchev–Trinajstić information content (AvgIpc) is 3.32. The van der Waals surface area contributed by atoms with E-state index < -0.39 is 11.4 Å². The first kappa shape index (κ1) is 26.7. The molecular formula is C31H32N2O5. The minimum absolute atomic E-state index is 0.187. The number of oxime groups is 1. The summed E-state index contributed by atoms with van der Waals surface area (Å²) in [5.41, 5.74) is 2.42. The molecule has 0 amide bonds. The van der Waals surface area contributed by atoms with Crippen molar-refractivity contribution in [3.05, 3.63) is 108 Å². The van der Waals surface area contributed by atoms with Gasteiger partial charge in [-0.15, -0.1) is 0 Å². The summed E-state index contributed by atoms with van der Waals surface area (Å²) < 4.78 is 12.2. The lowest BCUT2D eigenvalue weighted by molar-refractivity contribution is -0.143. The summed E-state index contributed by atoms with van der Waals surface area (Å²) in [7, 11) is 0. The van der Waals surface area contributed by atoms with Crippen LogP contribution >= 0.6 is 0 Å². The molecule has 0 radical (unpaired) electrons. The Bertz CT molecular complexity index is 1380. The number of ether oxygens (including phenoxy) is 1. The Morgan fingerprint density at radius 3 is 2.24 bits per heavy atom. The number of nitrogens with zero attached hydrogens (tertiary/aromatic N) is 2. The van der Waals surface area contributed by atoms with E-state index in [0.717, 1.165) is 29.0 Å². The zero-order valence-electron chi connectivity index (χ0n) is 22.0. The molecule has 0 bridgehead atoms. The normalized spacial score (nSPS) is 12.7. The van der Waals surface area contributed by atoms with Gasteiger partial charge in [0.25, 0.3) is 0 Å². The van der Waals surface area contributed by atoms with E-state index in [9.17, 15) is 9.90 Å². The molecule has 1 aromatic heterocycles. The second-order valence-corrected chi connectivity index (χ2v) is 9.49. The fourth-order valence-electron chi connectivity index (χ4n) is 3.97. The molecule has 0 aliphatic rings. The summed E-state index contributed by atoms with van der Waals surface area (Å²) in [6.45, 7) is 7.36. The van der Waals surface area contributed by atoms with Crippen LogP contribution in [0.1, 0.15) is 55.9 Å². The van der Waals surface area contributed by atoms with Crippen LogP contribution < -0.4 is 4.74 Å². The Hall–Kier alpha value is -4.39. The van der Waals surface area contributed by atoms with Crippen molar-refractivity contribution in [3.8, 4) is 17.2 Å². The monoisotopic (exact) mass is 512 g/mol. The van der Waals surface area contributed by atoms with E-state index in [1.165, 1.54) is 0 Å². The van der Waals surface area contributed by atoms with E-state index in [4.69, 9.17) is 19.0 Å². The molecule has 0 saturated heterocycles. The number of hydrogen-bond acceptors (Lipinski definition) is 6. The van der Waals surface area contributed by atoms with Crippen molar-refractivity contribution in [2.45, 2.75) is 46.8 Å². The van der Waals surface area contributed by atoms with Gasteiger partial charge in [-0.25, -0.2) is 4.98 Å². The summed E-state index contributed by atoms with van der Waals surface area (Å²) in [6.07, 6.45) is 0.470. The van der Waals surface area contributed by atoms with Gasteiger partial charge in [-0.3, -0.25) is 4.79 Å². The predicted octanol–water partition coefficient (Wildman–Crippen LogP) is 7.21. The summed E-state index contributed by atoms with van der Waals surface area (Å²) >= 11 is 0. The maximum absolute atomic E-state index is 11.9. The molecule has 0 fully saturated rings. The van der Waals surface area contributed by atoms with Gasteiger partial charge in [0.2, 0.25) is 5.89 Å². The van der Waals surface area contributed by atoms with Crippen LogP contribution in [0.2, 0.25) is 0 Å². The lowest BCUT2D eigenvalue weighted by atomic mass is 9.83. The minimum Gasteiger partial charge on any atom is -0.484 e. The highest BCUT2D eigenvalue weighted by molar-refractivity contribution is 6.14. The first-order chi connectivity index (χ1) is 18.3. The van der Waals surface area contributed by atoms with Gasteiger partial charge in [-0.1, -0.05) is 72.7 Å². The number of hydrogen-bond donors (Lipinski definition) is 1. The molecular weight excluding hydrogens is 480 g/mol. The quantitative estimate of drug-likeness (QED) is 0.169. The molecule has 0 saturated carbocycles. The van der Waals surface area contributed by atoms with Gasteiger partial charge < -0.3 is 19.1 Å². The van der Waals surface area contributed by atoms with Gasteiger partial charge >= 0.3 is 5.97 Å². The van der Waals surface area contributed by atoms with Crippen LogP contribution in [0, 0.1) is 12.3 Å². The average molecular weight is 513 g/mol. The van der Waals surface area contributed by atoms with E-state index >= 15 is 0 Å². The smallest absolute Gasteiger partial charge is 0.315 e. The van der Waals surface area contributed by atoms with E-state index in [1.54, 1.807) is 13.8 Å². The van der Waals surface area contributed by atoms with Crippen molar-refractivity contribution < 1.29 is 23.9 Å². The third-order valence-corrected chi connectivity index (χ3v) is 6.29. The molecule has 1 atom stereocenters. The van der Waals surface area contributed by atoms with Crippen LogP contribution in [0.4, 0.5) is 0 Å². The molecule has 4 aromatic rings. The lowest BCUT2D eigenvalue weighted by Crippen LogP contribution is -2.34. The fraction of sp³-hybridized carbons (Fsp3) is 0.258. The molecule has 1 unspecified atom stereocenters. The number of oxazole rings is 1. The second-order valence-electron chi connectivity index (χ2n) is 9.49. The molecule has 0 aliphatic carbocycles. The van der Waals surface area contributed by atoms with E-state index in [0.29, 0.717) is 22.9 Å². The zero-order valence-corrected chi connectivity index (χ0v) is 22.0. The Balaban J connectivity index is 1.44. The molecule has 7 heteroatoms. The van der Waals surface area contributed by atoms with Gasteiger partial charge in [0.05, 0.1) is 0 Å². The number of aliphatic carboxylic acids is 1. The van der Waals surface area contributed by atoms with Crippen LogP contribution in [-0.4, -0.2) is 21.8 Å². The maximum Gasteiger partial charge on any atom is 0.315 e. The van der Waals surface area contributed by atoms with Gasteiger partial charge in [-0.2, -0.15) is 0 Å². The molecule has 4 rings (SSSR count). The predicted molar refractivity (Wildman–Crippen MR) is 146 cm³/mol. The van der Waals surface area contributed by atoms with Crippen molar-refractivity contribution >= 4 is 11.7 Å². The van der Waals surface area contributed by atoms with Crippen molar-refractivity contribution in [2.75, 3.05) is 0 Å². The Morgan fingerprint density at radius 2 is 1.63 bits per heavy atom. The topological polar surface area (TPSA) is 94.2 Å². The molecule has 196 valence electrons. The summed E-state index contributed by atoms with van der Waals surface area (Å²) in [5.74, 6) is 1.03. The first-order valence-electron chi connectivity index (χ1n) is 12.6. The molecule has 0 aliphatic heterocycles. The van der Waals surface area contributed by atoms with Gasteiger partial charge in [0.15, 0.2) is 0 Å². The third-order valence-electron chi connectivity index (χ3n) is 6.29. The Morgan fingerprint density at radius 1 is 1.00 bits per heavy atom. The van der Waals surface area contributed by atoms with Crippen molar-refractivity contribution in [1.29, 1.82) is 0 Å². The minimum atomic E-state index is -1.21. The highest BCUT2D eigenvalue weighted by Crippen LogP contribution is 2.30. The molecule has 38 heavy (non-hydrogen) atoms. The van der Waals surface area contributed by atoms with Gasteiger partial charge in [-0.05, 0) is 57.0 Å². The number of benzene rings is 3. The number of rotatable bonds is 11. The number of aromatic nitrogens is 1. The van der Waals surface area contributed by atoms with Gasteiger partial charge in [0.1, 0.15) is 41.0 Å². The van der Waals surface area contributed by atoms with E-state index in [1.807, 2.05) is 98.8 Å². The first-order valence-corrected chi connectivity index (χ1v) is 12.6. The lowest BCUT2D eigenvalue weighted by Gasteiger charge is -2.21. The van der Waals surface area contributed by atoms with Crippen molar-refractivity contribution in [1.82, 2.24) is 4.98 Å². The molecule has 7 nitrogen and oxygen atoms in total. The number of carboxylic acid groups (broad SMARTS) is 1. The standard InChI is InChI=1S/C31H32N2O5/c1-5-26(27-21(2)37-29(32-27)24-14-10-7-11-15-24)38-25-18-16-22(17-19-25)20-36-33-28(31(3,4)30(34)35)23-12-8-6-9-13-23/h6-19,26H,5,20H2,1-4H3,(H,34,35)/b33-28-. The van der Waals surface area contributed by atoms with Crippen LogP contribution in [0.15, 0.2) is 94.5 Å². The number of carboxylic acids is 1. The fourth-order valence-corrected chi connectivity index (χ4v) is 3.97. The Kier molecular flexibility index (Phi) is 8.26. The SMILES string of the molecule is CCC(Oc1ccc(CO/N=C(/c2ccccc2)C(C)(C)C(=O)O)cc1)c1nc(-c2ccccc2)oc1C. The van der Waals surface area contributed by atoms with E-state index in [2.05, 4.69) is 5.16 Å². The summed E-state index contributed by atoms with van der Waals surface area (Å²) in [4.78, 5) is 22.2. The molecule has 1 heterocycles. The summed E-state index contributed by atoms with van der Waals surface area (Å²) in [5, 5.41) is 13.9. The van der Waals surface area contributed by atoms with Crippen molar-refractivity contribution in [3.63, 3.8) is 0 Å². The van der Waals surface area contributed by atoms with Crippen molar-refractivity contribution in [2.24, 2.45) is 10.6 Å². The number of aryl methyl sites for hydroxylation is 1. The highest BCUT2D eigenvalue weighted by Gasteiger charge is 2.35. The molecule has 0 spiro atoms. The van der Waals surface area contributed by atoms with Gasteiger partial charge in [0, 0.05) is 11.1 Å². The van der Waals surface area contributed by atoms with Crippen LogP contribution in [0.25, 0.3) is 11.5 Å². The van der Waals surface area contributed by atoms with Crippen LogP contribution in [-0.2, 0) is 16.2 Å². The number of carbonyl (C=O) groups is 1. The highest BCUT2D eigenvalue weighted by atomic mass is 16.6. The summed E-state index contributed by atoms with van der Waals surface area (Å²) in [6, 6.07) is 26.5. The Labute approximate surface area is 222 Å².